The Hall–Kier alpha value is -2.64. The summed E-state index contributed by atoms with van der Waals surface area (Å²) in [6, 6.07) is 17.0. The zero-order chi connectivity index (χ0) is 23.5. The van der Waals surface area contributed by atoms with Crippen LogP contribution in [-0.2, 0) is 26.6 Å². The van der Waals surface area contributed by atoms with E-state index in [-0.39, 0.29) is 22.8 Å². The second-order valence-electron chi connectivity index (χ2n) is 8.31. The fourth-order valence-corrected chi connectivity index (χ4v) is 3.98. The average Bonchev–Trinajstić information content (AvgIpc) is 2.77. The van der Waals surface area contributed by atoms with Gasteiger partial charge in [0.05, 0.1) is 12.1 Å². The van der Waals surface area contributed by atoms with Crippen LogP contribution in [0.4, 0.5) is 0 Å². The van der Waals surface area contributed by atoms with Gasteiger partial charge in [-0.15, -0.1) is 0 Å². The summed E-state index contributed by atoms with van der Waals surface area (Å²) < 4.78 is 0. The third-order valence-electron chi connectivity index (χ3n) is 4.91. The van der Waals surface area contributed by atoms with Crippen LogP contribution < -0.4 is 16.4 Å². The van der Waals surface area contributed by atoms with Gasteiger partial charge in [0.1, 0.15) is 6.04 Å². The largest absolute Gasteiger partial charge is 0.344 e. The van der Waals surface area contributed by atoms with E-state index in [9.17, 15) is 14.4 Å². The highest BCUT2D eigenvalue weighted by Gasteiger charge is 2.27. The maximum Gasteiger partial charge on any atom is 0.243 e. The predicted octanol–water partition coefficient (Wildman–Crippen LogP) is 3.05. The van der Waals surface area contributed by atoms with Crippen molar-refractivity contribution in [3.05, 3.63) is 71.8 Å². The van der Waals surface area contributed by atoms with Gasteiger partial charge < -0.3 is 16.4 Å². The predicted molar refractivity (Wildman–Crippen MR) is 130 cm³/mol. The van der Waals surface area contributed by atoms with Gasteiger partial charge in [-0.3, -0.25) is 14.4 Å². The second kappa shape index (κ2) is 13.0. The van der Waals surface area contributed by atoms with Gasteiger partial charge in [-0.2, -0.15) is 0 Å². The maximum absolute atomic E-state index is 12.9. The normalized spacial score (nSPS) is 13.8. The van der Waals surface area contributed by atoms with Gasteiger partial charge in [-0.1, -0.05) is 86.3 Å². The molecule has 0 saturated heterocycles. The molecule has 0 aliphatic heterocycles. The number of carbonyl (C=O) groups is 3. The molecule has 0 fully saturated rings. The summed E-state index contributed by atoms with van der Waals surface area (Å²) >= 11 is 1.16. The van der Waals surface area contributed by atoms with E-state index >= 15 is 0 Å². The van der Waals surface area contributed by atoms with Crippen LogP contribution in [0.25, 0.3) is 0 Å². The van der Waals surface area contributed by atoms with Crippen molar-refractivity contribution in [3.63, 3.8) is 0 Å². The molecule has 0 bridgehead atoms. The first-order chi connectivity index (χ1) is 15.3. The number of nitrogens with two attached hydrogens (primary N) is 1. The first-order valence-electron chi connectivity index (χ1n) is 10.9. The van der Waals surface area contributed by atoms with E-state index in [4.69, 9.17) is 5.73 Å². The van der Waals surface area contributed by atoms with Gasteiger partial charge >= 0.3 is 0 Å². The van der Waals surface area contributed by atoms with Crippen molar-refractivity contribution in [2.75, 3.05) is 0 Å². The SMILES string of the molecule is CC(C)C[C@H](NC(=O)[C@@H](N)Cc1ccccc1)C(=O)N[C@@H](C)C(=O)SCc1ccccc1. The Morgan fingerprint density at radius 1 is 0.844 bits per heavy atom. The third-order valence-corrected chi connectivity index (χ3v) is 6.03. The second-order valence-corrected chi connectivity index (χ2v) is 9.29. The van der Waals surface area contributed by atoms with Gasteiger partial charge in [0.15, 0.2) is 0 Å². The van der Waals surface area contributed by atoms with E-state index < -0.39 is 18.1 Å². The zero-order valence-corrected chi connectivity index (χ0v) is 19.7. The smallest absolute Gasteiger partial charge is 0.243 e. The zero-order valence-electron chi connectivity index (χ0n) is 18.9. The molecule has 2 aromatic rings. The minimum absolute atomic E-state index is 0.127. The van der Waals surface area contributed by atoms with E-state index in [1.54, 1.807) is 6.92 Å². The minimum atomic E-state index is -0.764. The Morgan fingerprint density at radius 2 is 1.41 bits per heavy atom. The van der Waals surface area contributed by atoms with E-state index in [1.807, 2.05) is 74.5 Å². The molecule has 2 aromatic carbocycles. The summed E-state index contributed by atoms with van der Waals surface area (Å²) in [6.07, 6.45) is 0.835. The van der Waals surface area contributed by atoms with Crippen molar-refractivity contribution in [2.45, 2.75) is 57.5 Å². The molecule has 4 N–H and O–H groups in total. The first kappa shape index (κ1) is 25.6. The molecule has 0 saturated carbocycles. The Labute approximate surface area is 194 Å². The highest BCUT2D eigenvalue weighted by Crippen LogP contribution is 2.15. The molecule has 0 unspecified atom stereocenters. The molecule has 7 heteroatoms. The van der Waals surface area contributed by atoms with E-state index in [0.29, 0.717) is 18.6 Å². The monoisotopic (exact) mass is 455 g/mol. The number of thioether (sulfide) groups is 1. The number of hydrogen-bond acceptors (Lipinski definition) is 5. The molecule has 0 spiro atoms. The molecular weight excluding hydrogens is 422 g/mol. The lowest BCUT2D eigenvalue weighted by atomic mass is 10.0. The maximum atomic E-state index is 12.9. The molecule has 32 heavy (non-hydrogen) atoms. The fraction of sp³-hybridized carbons (Fsp3) is 0.400. The van der Waals surface area contributed by atoms with Crippen LogP contribution >= 0.6 is 11.8 Å². The summed E-state index contributed by atoms with van der Waals surface area (Å²) in [5, 5.41) is 5.40. The number of nitrogens with one attached hydrogen (secondary N) is 2. The summed E-state index contributed by atoms with van der Waals surface area (Å²) in [6.45, 7) is 5.61. The Morgan fingerprint density at radius 3 is 1.97 bits per heavy atom. The van der Waals surface area contributed by atoms with E-state index in [0.717, 1.165) is 22.9 Å². The van der Waals surface area contributed by atoms with Crippen molar-refractivity contribution >= 4 is 28.7 Å². The lowest BCUT2D eigenvalue weighted by molar-refractivity contribution is -0.131. The van der Waals surface area contributed by atoms with E-state index in [1.165, 1.54) is 0 Å². The Balaban J connectivity index is 1.91. The van der Waals surface area contributed by atoms with Crippen LogP contribution in [0.5, 0.6) is 0 Å². The summed E-state index contributed by atoms with van der Waals surface area (Å²) in [4.78, 5) is 38.0. The Kier molecular flexibility index (Phi) is 10.4. The quantitative estimate of drug-likeness (QED) is 0.483. The highest BCUT2D eigenvalue weighted by molar-refractivity contribution is 8.13. The Bertz CT molecular complexity index is 875. The van der Waals surface area contributed by atoms with Gasteiger partial charge in [-0.05, 0) is 36.8 Å². The van der Waals surface area contributed by atoms with Crippen LogP contribution in [0.2, 0.25) is 0 Å². The number of amides is 2. The summed E-state index contributed by atoms with van der Waals surface area (Å²) in [5.41, 5.74) is 8.07. The molecule has 0 heterocycles. The molecule has 0 aromatic heterocycles. The van der Waals surface area contributed by atoms with Crippen molar-refractivity contribution < 1.29 is 14.4 Å². The molecule has 2 amide bonds. The van der Waals surface area contributed by atoms with Crippen molar-refractivity contribution in [1.29, 1.82) is 0 Å². The molecule has 0 aliphatic rings. The highest BCUT2D eigenvalue weighted by atomic mass is 32.2. The summed E-state index contributed by atoms with van der Waals surface area (Å²) in [7, 11) is 0. The minimum Gasteiger partial charge on any atom is -0.344 e. The standard InChI is InChI=1S/C25H33N3O3S/c1-17(2)14-22(28-23(29)21(26)15-19-10-6-4-7-11-19)24(30)27-18(3)25(31)32-16-20-12-8-5-9-13-20/h4-13,17-18,21-22H,14-16,26H2,1-3H3,(H,27,30)(H,28,29)/t18-,21-,22-/m0/s1. The van der Waals surface area contributed by atoms with Gasteiger partial charge in [0.2, 0.25) is 16.9 Å². The summed E-state index contributed by atoms with van der Waals surface area (Å²) in [5.74, 6) is -0.0394. The number of benzene rings is 2. The fourth-order valence-electron chi connectivity index (χ4n) is 3.17. The molecule has 3 atom stereocenters. The van der Waals surface area contributed by atoms with Crippen LogP contribution in [0.3, 0.4) is 0 Å². The molecule has 172 valence electrons. The van der Waals surface area contributed by atoms with Crippen LogP contribution in [0.1, 0.15) is 38.3 Å². The number of carbonyl (C=O) groups excluding carboxylic acids is 3. The lowest BCUT2D eigenvalue weighted by Gasteiger charge is -2.23. The topological polar surface area (TPSA) is 101 Å². The van der Waals surface area contributed by atoms with Gasteiger partial charge in [0, 0.05) is 5.75 Å². The molecule has 2 rings (SSSR count). The van der Waals surface area contributed by atoms with Gasteiger partial charge in [-0.25, -0.2) is 0 Å². The number of rotatable bonds is 11. The molecular formula is C25H33N3O3S. The molecule has 6 nitrogen and oxygen atoms in total. The van der Waals surface area contributed by atoms with Gasteiger partial charge in [0.25, 0.3) is 0 Å². The van der Waals surface area contributed by atoms with Crippen LogP contribution in [0.15, 0.2) is 60.7 Å². The first-order valence-corrected chi connectivity index (χ1v) is 11.9. The molecule has 0 radical (unpaired) electrons. The number of hydrogen-bond donors (Lipinski definition) is 3. The van der Waals surface area contributed by atoms with Crippen molar-refractivity contribution in [3.8, 4) is 0 Å². The third kappa shape index (κ3) is 8.85. The van der Waals surface area contributed by atoms with Crippen molar-refractivity contribution in [2.24, 2.45) is 11.7 Å². The van der Waals surface area contributed by atoms with E-state index in [2.05, 4.69) is 10.6 Å². The van der Waals surface area contributed by atoms with Crippen molar-refractivity contribution in [1.82, 2.24) is 10.6 Å². The molecule has 0 aliphatic carbocycles. The van der Waals surface area contributed by atoms with Crippen LogP contribution in [-0.4, -0.2) is 35.1 Å². The lowest BCUT2D eigenvalue weighted by Crippen LogP contribution is -2.54. The van der Waals surface area contributed by atoms with Crippen LogP contribution in [0, 0.1) is 5.92 Å². The average molecular weight is 456 g/mol.